The van der Waals surface area contributed by atoms with Crippen molar-refractivity contribution in [2.45, 2.75) is 25.2 Å². The zero-order chi connectivity index (χ0) is 12.7. The van der Waals surface area contributed by atoms with Gasteiger partial charge in [-0.1, -0.05) is 6.58 Å². The number of aromatic nitrogens is 2. The highest BCUT2D eigenvalue weighted by Gasteiger charge is 2.46. The Bertz CT molecular complexity index is 446. The van der Waals surface area contributed by atoms with Crippen molar-refractivity contribution in [3.8, 4) is 0 Å². The summed E-state index contributed by atoms with van der Waals surface area (Å²) in [7, 11) is 0. The normalized spacial score (nSPS) is 33.3. The van der Waals surface area contributed by atoms with Crippen LogP contribution in [0, 0.1) is 12.8 Å². The van der Waals surface area contributed by atoms with E-state index in [2.05, 4.69) is 11.6 Å². The molecule has 1 aliphatic rings. The van der Waals surface area contributed by atoms with E-state index < -0.39 is 24.2 Å². The van der Waals surface area contributed by atoms with Crippen molar-refractivity contribution in [1.29, 1.82) is 0 Å². The minimum atomic E-state index is -1.53. The third-order valence-corrected chi connectivity index (χ3v) is 3.42. The van der Waals surface area contributed by atoms with Crippen LogP contribution in [-0.2, 0) is 0 Å². The first-order chi connectivity index (χ1) is 7.99. The molecule has 1 heterocycles. The number of halogens is 1. The Labute approximate surface area is 98.4 Å². The maximum atomic E-state index is 14.0. The summed E-state index contributed by atoms with van der Waals surface area (Å²) in [4.78, 5) is 3.99. The first-order valence-electron chi connectivity index (χ1n) is 5.39. The highest BCUT2D eigenvalue weighted by molar-refractivity contribution is 5.38. The van der Waals surface area contributed by atoms with E-state index in [4.69, 9.17) is 10.8 Å². The van der Waals surface area contributed by atoms with E-state index in [-0.39, 0.29) is 6.61 Å². The Morgan fingerprint density at radius 1 is 1.65 bits per heavy atom. The Morgan fingerprint density at radius 2 is 2.29 bits per heavy atom. The lowest BCUT2D eigenvalue weighted by Crippen LogP contribution is -2.27. The average Bonchev–Trinajstić information content (AvgIpc) is 2.71. The molecule has 94 valence electrons. The van der Waals surface area contributed by atoms with Crippen molar-refractivity contribution in [3.05, 3.63) is 24.2 Å². The molecule has 0 bridgehead atoms. The minimum absolute atomic E-state index is 0.329. The van der Waals surface area contributed by atoms with Crippen LogP contribution in [0.4, 0.5) is 10.2 Å². The summed E-state index contributed by atoms with van der Waals surface area (Å²) in [5.74, 6) is -0.304. The largest absolute Gasteiger partial charge is 0.396 e. The molecule has 0 aromatic carbocycles. The van der Waals surface area contributed by atoms with Crippen LogP contribution in [0.15, 0.2) is 18.5 Å². The molecule has 0 saturated heterocycles. The number of nitrogens with two attached hydrogens (primary N) is 1. The number of aliphatic hydroxyl groups excluding tert-OH is 2. The summed E-state index contributed by atoms with van der Waals surface area (Å²) < 4.78 is 15.5. The lowest BCUT2D eigenvalue weighted by atomic mass is 10.0. The van der Waals surface area contributed by atoms with Gasteiger partial charge < -0.3 is 20.5 Å². The molecular weight excluding hydrogens is 225 g/mol. The highest BCUT2D eigenvalue weighted by Crippen LogP contribution is 2.42. The van der Waals surface area contributed by atoms with Gasteiger partial charge in [0.25, 0.3) is 0 Å². The molecule has 17 heavy (non-hydrogen) atoms. The summed E-state index contributed by atoms with van der Waals surface area (Å²) in [5, 5.41) is 18.8. The Hall–Kier alpha value is -1.40. The average molecular weight is 241 g/mol. The third kappa shape index (κ3) is 1.64. The van der Waals surface area contributed by atoms with Gasteiger partial charge in [0, 0.05) is 5.92 Å². The molecule has 1 aliphatic carbocycles. The summed E-state index contributed by atoms with van der Waals surface area (Å²) in [6.45, 7) is 5.14. The zero-order valence-electron chi connectivity index (χ0n) is 9.55. The molecule has 1 aromatic rings. The van der Waals surface area contributed by atoms with Gasteiger partial charge in [-0.3, -0.25) is 0 Å². The first kappa shape index (κ1) is 12.1. The molecule has 1 fully saturated rings. The van der Waals surface area contributed by atoms with Crippen LogP contribution in [0.1, 0.15) is 11.7 Å². The van der Waals surface area contributed by atoms with Crippen LogP contribution in [0.3, 0.4) is 0 Å². The van der Waals surface area contributed by atoms with Gasteiger partial charge in [-0.05, 0) is 12.5 Å². The van der Waals surface area contributed by atoms with Crippen molar-refractivity contribution < 1.29 is 14.6 Å². The fourth-order valence-corrected chi connectivity index (χ4v) is 2.29. The van der Waals surface area contributed by atoms with Crippen LogP contribution in [0.5, 0.6) is 0 Å². The number of rotatable bonds is 2. The van der Waals surface area contributed by atoms with Gasteiger partial charge in [0.2, 0.25) is 0 Å². The molecule has 2 rings (SSSR count). The molecule has 4 atom stereocenters. The van der Waals surface area contributed by atoms with E-state index >= 15 is 0 Å². The van der Waals surface area contributed by atoms with Crippen LogP contribution >= 0.6 is 0 Å². The van der Waals surface area contributed by atoms with Crippen molar-refractivity contribution in [3.63, 3.8) is 0 Å². The monoisotopic (exact) mass is 241 g/mol. The molecular formula is C11H16FN3O2. The number of aliphatic hydroxyl groups is 2. The van der Waals surface area contributed by atoms with Crippen LogP contribution in [-0.4, -0.2) is 38.6 Å². The van der Waals surface area contributed by atoms with E-state index in [9.17, 15) is 9.50 Å². The van der Waals surface area contributed by atoms with Gasteiger partial charge in [-0.2, -0.15) is 0 Å². The van der Waals surface area contributed by atoms with E-state index in [1.54, 1.807) is 6.92 Å². The van der Waals surface area contributed by atoms with Gasteiger partial charge in [0.1, 0.15) is 5.82 Å². The van der Waals surface area contributed by atoms with Crippen LogP contribution < -0.4 is 5.73 Å². The van der Waals surface area contributed by atoms with Crippen molar-refractivity contribution in [2.75, 3.05) is 12.3 Å². The Morgan fingerprint density at radius 3 is 2.71 bits per heavy atom. The molecule has 0 aliphatic heterocycles. The molecule has 1 saturated carbocycles. The number of nitrogen functional groups attached to an aromatic ring is 1. The second-order valence-corrected chi connectivity index (χ2v) is 4.37. The SMILES string of the molecule is C=C1C(CO)C(O)C(F)C1n1cnc(C)c1N. The molecule has 0 radical (unpaired) electrons. The van der Waals surface area contributed by atoms with E-state index in [0.717, 1.165) is 0 Å². The molecule has 4 unspecified atom stereocenters. The highest BCUT2D eigenvalue weighted by atomic mass is 19.1. The van der Waals surface area contributed by atoms with Crippen molar-refractivity contribution in [2.24, 2.45) is 5.92 Å². The maximum absolute atomic E-state index is 14.0. The van der Waals surface area contributed by atoms with Gasteiger partial charge in [0.15, 0.2) is 6.17 Å². The number of alkyl halides is 1. The Kier molecular flexibility index (Phi) is 2.92. The lowest BCUT2D eigenvalue weighted by molar-refractivity contribution is 0.0425. The topological polar surface area (TPSA) is 84.3 Å². The van der Waals surface area contributed by atoms with Gasteiger partial charge in [-0.15, -0.1) is 0 Å². The number of imidazole rings is 1. The molecule has 6 heteroatoms. The maximum Gasteiger partial charge on any atom is 0.151 e. The summed E-state index contributed by atoms with van der Waals surface area (Å²) in [6, 6.07) is -0.761. The number of hydrogen-bond acceptors (Lipinski definition) is 4. The lowest BCUT2D eigenvalue weighted by Gasteiger charge is -2.18. The number of aryl methyl sites for hydroxylation is 1. The van der Waals surface area contributed by atoms with Crippen LogP contribution in [0.2, 0.25) is 0 Å². The number of nitrogens with zero attached hydrogens (tertiary/aromatic N) is 2. The van der Waals surface area contributed by atoms with E-state index in [1.165, 1.54) is 10.9 Å². The van der Waals surface area contributed by atoms with Gasteiger partial charge >= 0.3 is 0 Å². The van der Waals surface area contributed by atoms with E-state index in [1.807, 2.05) is 0 Å². The minimum Gasteiger partial charge on any atom is -0.396 e. The molecule has 0 amide bonds. The van der Waals surface area contributed by atoms with Crippen molar-refractivity contribution in [1.82, 2.24) is 9.55 Å². The third-order valence-electron chi connectivity index (χ3n) is 3.42. The standard InChI is InChI=1S/C11H16FN3O2/c1-5-7(3-16)10(17)8(12)9(5)15-4-14-6(2)11(15)13/h4,7-10,16-17H,1,3,13H2,2H3. The molecule has 4 N–H and O–H groups in total. The van der Waals surface area contributed by atoms with E-state index in [0.29, 0.717) is 17.1 Å². The predicted octanol–water partition coefficient (Wildman–Crippen LogP) is 0.192. The summed E-state index contributed by atoms with van der Waals surface area (Å²) in [6.07, 6.45) is -1.35. The summed E-state index contributed by atoms with van der Waals surface area (Å²) >= 11 is 0. The number of hydrogen-bond donors (Lipinski definition) is 3. The van der Waals surface area contributed by atoms with Gasteiger partial charge in [-0.25, -0.2) is 9.37 Å². The molecule has 5 nitrogen and oxygen atoms in total. The van der Waals surface area contributed by atoms with Crippen molar-refractivity contribution >= 4 is 5.82 Å². The fraction of sp³-hybridized carbons (Fsp3) is 0.545. The summed E-state index contributed by atoms with van der Waals surface area (Å²) in [5.41, 5.74) is 6.83. The second kappa shape index (κ2) is 4.12. The zero-order valence-corrected chi connectivity index (χ0v) is 9.55. The predicted molar refractivity (Wildman–Crippen MR) is 61.0 cm³/mol. The first-order valence-corrected chi connectivity index (χ1v) is 5.39. The molecule has 1 aromatic heterocycles. The smallest absolute Gasteiger partial charge is 0.151 e. The molecule has 0 spiro atoms. The Balaban J connectivity index is 2.40. The fourth-order valence-electron chi connectivity index (χ4n) is 2.29. The second-order valence-electron chi connectivity index (χ2n) is 4.37. The number of anilines is 1. The van der Waals surface area contributed by atoms with Gasteiger partial charge in [0.05, 0.1) is 30.8 Å². The quantitative estimate of drug-likeness (QED) is 0.645. The van der Waals surface area contributed by atoms with Crippen LogP contribution in [0.25, 0.3) is 0 Å².